The molecule has 0 saturated carbocycles. The van der Waals surface area contributed by atoms with Crippen molar-refractivity contribution in [1.82, 2.24) is 5.01 Å². The Balaban J connectivity index is 1.76. The van der Waals surface area contributed by atoms with Gasteiger partial charge in [0.2, 0.25) is 0 Å². The lowest BCUT2D eigenvalue weighted by Gasteiger charge is -2.38. The molecule has 0 amide bonds. The van der Waals surface area contributed by atoms with E-state index in [2.05, 4.69) is 33.9 Å². The van der Waals surface area contributed by atoms with E-state index in [0.29, 0.717) is 0 Å². The lowest BCUT2D eigenvalue weighted by Crippen LogP contribution is -2.39. The van der Waals surface area contributed by atoms with E-state index in [1.807, 2.05) is 30.3 Å². The summed E-state index contributed by atoms with van der Waals surface area (Å²) in [5.74, 6) is 1.58. The number of hydrogen-bond acceptors (Lipinski definition) is 4. The van der Waals surface area contributed by atoms with Gasteiger partial charge >= 0.3 is 0 Å². The highest BCUT2D eigenvalue weighted by molar-refractivity contribution is 9.10. The van der Waals surface area contributed by atoms with Crippen molar-refractivity contribution in [2.24, 2.45) is 5.10 Å². The van der Waals surface area contributed by atoms with Crippen molar-refractivity contribution in [3.8, 4) is 11.5 Å². The molecule has 0 bridgehead atoms. The van der Waals surface area contributed by atoms with Crippen LogP contribution in [0.2, 0.25) is 5.02 Å². The molecule has 0 saturated heterocycles. The first kappa shape index (κ1) is 16.7. The minimum Gasteiger partial charge on any atom is -0.493 e. The molecule has 2 aliphatic rings. The van der Waals surface area contributed by atoms with E-state index in [1.54, 1.807) is 7.11 Å². The predicted molar refractivity (Wildman–Crippen MR) is 103 cm³/mol. The number of halogens is 2. The first-order chi connectivity index (χ1) is 12.1. The van der Waals surface area contributed by atoms with Crippen LogP contribution in [0.25, 0.3) is 0 Å². The molecule has 0 aromatic heterocycles. The first-order valence-electron chi connectivity index (χ1n) is 8.26. The van der Waals surface area contributed by atoms with Gasteiger partial charge in [0.15, 0.2) is 17.7 Å². The minimum absolute atomic E-state index is 0.0997. The fraction of sp³-hybridized carbons (Fsp3) is 0.316. The van der Waals surface area contributed by atoms with Gasteiger partial charge in [-0.25, -0.2) is 0 Å². The van der Waals surface area contributed by atoms with E-state index >= 15 is 0 Å². The number of methoxy groups -OCH3 is 1. The summed E-state index contributed by atoms with van der Waals surface area (Å²) in [6.07, 6.45) is 1.57. The molecule has 0 fully saturated rings. The molecule has 2 aromatic carbocycles. The van der Waals surface area contributed by atoms with E-state index in [9.17, 15) is 0 Å². The summed E-state index contributed by atoms with van der Waals surface area (Å²) < 4.78 is 12.7. The average molecular weight is 422 g/mol. The summed E-state index contributed by atoms with van der Waals surface area (Å²) in [7, 11) is 1.67. The van der Waals surface area contributed by atoms with Gasteiger partial charge in [0.05, 0.1) is 18.9 Å². The van der Waals surface area contributed by atoms with Crippen molar-refractivity contribution in [1.29, 1.82) is 0 Å². The SMILES string of the molecule is CC[C@H]1Oc2c(OC)cc(Br)cc2[C@H]2CC(c3ccc(Cl)cc3)=NN21. The van der Waals surface area contributed by atoms with Crippen LogP contribution in [0.3, 0.4) is 0 Å². The second-order valence-corrected chi connectivity index (χ2v) is 7.51. The molecular weight excluding hydrogens is 404 g/mol. The molecule has 2 aliphatic heterocycles. The maximum Gasteiger partial charge on any atom is 0.187 e. The normalized spacial score (nSPS) is 21.3. The quantitative estimate of drug-likeness (QED) is 0.666. The molecule has 6 heteroatoms. The molecule has 0 aliphatic carbocycles. The minimum atomic E-state index is -0.0997. The van der Waals surface area contributed by atoms with Crippen LogP contribution in [0.5, 0.6) is 11.5 Å². The highest BCUT2D eigenvalue weighted by atomic mass is 79.9. The zero-order valence-corrected chi connectivity index (χ0v) is 16.3. The third-order valence-electron chi connectivity index (χ3n) is 4.65. The number of nitrogens with zero attached hydrogens (tertiary/aromatic N) is 2. The predicted octanol–water partition coefficient (Wildman–Crippen LogP) is 5.39. The second kappa shape index (κ2) is 6.54. The monoisotopic (exact) mass is 420 g/mol. The van der Waals surface area contributed by atoms with Gasteiger partial charge in [0.25, 0.3) is 0 Å². The molecule has 4 rings (SSSR count). The molecule has 130 valence electrons. The lowest BCUT2D eigenvalue weighted by atomic mass is 9.96. The van der Waals surface area contributed by atoms with Crippen LogP contribution >= 0.6 is 27.5 Å². The Bertz CT molecular complexity index is 838. The van der Waals surface area contributed by atoms with Gasteiger partial charge in [-0.3, -0.25) is 5.01 Å². The van der Waals surface area contributed by atoms with Crippen LogP contribution in [0, 0.1) is 0 Å². The summed E-state index contributed by atoms with van der Waals surface area (Å²) in [4.78, 5) is 0. The first-order valence-corrected chi connectivity index (χ1v) is 9.43. The van der Waals surface area contributed by atoms with Gasteiger partial charge in [-0.05, 0) is 29.8 Å². The Hall–Kier alpha value is -1.72. The summed E-state index contributed by atoms with van der Waals surface area (Å²) in [6.45, 7) is 2.11. The van der Waals surface area contributed by atoms with Crippen LogP contribution in [-0.2, 0) is 0 Å². The van der Waals surface area contributed by atoms with Crippen LogP contribution in [0.4, 0.5) is 0 Å². The number of benzene rings is 2. The average Bonchev–Trinajstić information content (AvgIpc) is 3.06. The van der Waals surface area contributed by atoms with Gasteiger partial charge in [0.1, 0.15) is 0 Å². The molecule has 2 heterocycles. The highest BCUT2D eigenvalue weighted by Gasteiger charge is 2.40. The third-order valence-corrected chi connectivity index (χ3v) is 5.35. The Morgan fingerprint density at radius 2 is 2.08 bits per heavy atom. The third kappa shape index (κ3) is 2.89. The Morgan fingerprint density at radius 3 is 2.76 bits per heavy atom. The summed E-state index contributed by atoms with van der Waals surface area (Å²) in [5.41, 5.74) is 3.25. The largest absolute Gasteiger partial charge is 0.493 e. The fourth-order valence-corrected chi connectivity index (χ4v) is 4.02. The van der Waals surface area contributed by atoms with Crippen LogP contribution < -0.4 is 9.47 Å². The van der Waals surface area contributed by atoms with E-state index < -0.39 is 0 Å². The second-order valence-electron chi connectivity index (χ2n) is 6.16. The molecular formula is C19H18BrClN2O2. The van der Waals surface area contributed by atoms with Crippen molar-refractivity contribution in [3.05, 3.63) is 57.0 Å². The van der Waals surface area contributed by atoms with Crippen LogP contribution in [-0.4, -0.2) is 24.1 Å². The van der Waals surface area contributed by atoms with Gasteiger partial charge < -0.3 is 9.47 Å². The topological polar surface area (TPSA) is 34.1 Å². The van der Waals surface area contributed by atoms with E-state index in [1.165, 1.54) is 0 Å². The smallest absolute Gasteiger partial charge is 0.187 e. The molecule has 0 radical (unpaired) electrons. The lowest BCUT2D eigenvalue weighted by molar-refractivity contribution is -0.0206. The Kier molecular flexibility index (Phi) is 4.38. The summed E-state index contributed by atoms with van der Waals surface area (Å²) in [5, 5.41) is 7.68. The fourth-order valence-electron chi connectivity index (χ4n) is 3.44. The number of hydrogen-bond donors (Lipinski definition) is 0. The van der Waals surface area contributed by atoms with E-state index in [-0.39, 0.29) is 12.3 Å². The molecule has 0 unspecified atom stereocenters. The van der Waals surface area contributed by atoms with Gasteiger partial charge in [-0.1, -0.05) is 46.6 Å². The molecule has 0 N–H and O–H groups in total. The van der Waals surface area contributed by atoms with Crippen molar-refractivity contribution < 1.29 is 9.47 Å². The van der Waals surface area contributed by atoms with E-state index in [4.69, 9.17) is 26.2 Å². The van der Waals surface area contributed by atoms with Crippen LogP contribution in [0.1, 0.15) is 36.9 Å². The Morgan fingerprint density at radius 1 is 1.32 bits per heavy atom. The van der Waals surface area contributed by atoms with Crippen molar-refractivity contribution in [2.75, 3.05) is 7.11 Å². The Labute approximate surface area is 160 Å². The molecule has 25 heavy (non-hydrogen) atoms. The van der Waals surface area contributed by atoms with Gasteiger partial charge in [0, 0.05) is 27.9 Å². The van der Waals surface area contributed by atoms with Crippen molar-refractivity contribution >= 4 is 33.2 Å². The molecule has 2 atom stereocenters. The van der Waals surface area contributed by atoms with Crippen molar-refractivity contribution in [2.45, 2.75) is 32.0 Å². The molecule has 2 aromatic rings. The van der Waals surface area contributed by atoms with Gasteiger partial charge in [-0.2, -0.15) is 5.10 Å². The number of hydrazone groups is 1. The summed E-state index contributed by atoms with van der Waals surface area (Å²) in [6, 6.07) is 12.0. The highest BCUT2D eigenvalue weighted by Crippen LogP contribution is 2.48. The van der Waals surface area contributed by atoms with Gasteiger partial charge in [-0.15, -0.1) is 0 Å². The molecule has 4 nitrogen and oxygen atoms in total. The number of fused-ring (bicyclic) bond motifs is 3. The summed E-state index contributed by atoms with van der Waals surface area (Å²) >= 11 is 9.59. The molecule has 0 spiro atoms. The van der Waals surface area contributed by atoms with Crippen LogP contribution in [0.15, 0.2) is 46.0 Å². The maximum atomic E-state index is 6.23. The number of ether oxygens (including phenoxy) is 2. The standard InChI is InChI=1S/C19H18BrClN2O2/c1-3-18-23-16(10-15(22-23)11-4-6-13(21)7-5-11)14-8-12(20)9-17(24-2)19(14)25-18/h4-9,16,18H,3,10H2,1-2H3/t16-,18-/m1/s1. The number of rotatable bonds is 3. The zero-order valence-electron chi connectivity index (χ0n) is 14.0. The maximum absolute atomic E-state index is 6.23. The zero-order chi connectivity index (χ0) is 17.6. The van der Waals surface area contributed by atoms with E-state index in [0.717, 1.165) is 50.7 Å². The van der Waals surface area contributed by atoms with Crippen molar-refractivity contribution in [3.63, 3.8) is 0 Å².